The van der Waals surface area contributed by atoms with Gasteiger partial charge in [-0.15, -0.1) is 0 Å². The molecule has 2 aliphatic rings. The Kier molecular flexibility index (Phi) is 5.22. The highest BCUT2D eigenvalue weighted by molar-refractivity contribution is 7.87. The highest BCUT2D eigenvalue weighted by atomic mass is 32.2. The minimum atomic E-state index is -3.36. The second kappa shape index (κ2) is 6.52. The highest BCUT2D eigenvalue weighted by Gasteiger charge is 2.32. The SMILES string of the molecule is C[C@@H]1CN(S(=O)(=O)NC2CCCCCC2)C[C@H](C)O1. The first-order valence-corrected chi connectivity index (χ1v) is 8.84. The van der Waals surface area contributed by atoms with Crippen LogP contribution >= 0.6 is 0 Å². The van der Waals surface area contributed by atoms with E-state index in [1.165, 1.54) is 17.1 Å². The standard InChI is InChI=1S/C13H26N2O3S/c1-11-9-15(10-12(2)18-11)19(16,17)14-13-7-5-3-4-6-8-13/h11-14H,3-10H2,1-2H3/t11-,12+. The summed E-state index contributed by atoms with van der Waals surface area (Å²) in [5.41, 5.74) is 0. The molecule has 6 heteroatoms. The lowest BCUT2D eigenvalue weighted by atomic mass is 10.1. The Bertz CT molecular complexity index is 367. The van der Waals surface area contributed by atoms with Crippen LogP contribution in [0.3, 0.4) is 0 Å². The summed E-state index contributed by atoms with van der Waals surface area (Å²) in [5, 5.41) is 0. The molecule has 0 aromatic rings. The van der Waals surface area contributed by atoms with Gasteiger partial charge in [0.15, 0.2) is 0 Å². The average Bonchev–Trinajstić information content (AvgIpc) is 2.55. The molecular weight excluding hydrogens is 264 g/mol. The maximum absolute atomic E-state index is 12.4. The summed E-state index contributed by atoms with van der Waals surface area (Å²) in [6.45, 7) is 4.74. The van der Waals surface area contributed by atoms with Crippen LogP contribution < -0.4 is 4.72 Å². The van der Waals surface area contributed by atoms with Crippen LogP contribution in [0.2, 0.25) is 0 Å². The molecule has 0 amide bonds. The number of nitrogens with one attached hydrogen (secondary N) is 1. The molecule has 0 spiro atoms. The fraction of sp³-hybridized carbons (Fsp3) is 1.00. The Morgan fingerprint density at radius 3 is 2.05 bits per heavy atom. The maximum atomic E-state index is 12.4. The molecule has 0 bridgehead atoms. The van der Waals surface area contributed by atoms with Crippen molar-refractivity contribution in [2.24, 2.45) is 0 Å². The number of nitrogens with zero attached hydrogens (tertiary/aromatic N) is 1. The van der Waals surface area contributed by atoms with Gasteiger partial charge in [0.05, 0.1) is 12.2 Å². The van der Waals surface area contributed by atoms with Crippen LogP contribution in [0, 0.1) is 0 Å². The third kappa shape index (κ3) is 4.41. The van der Waals surface area contributed by atoms with E-state index in [1.54, 1.807) is 0 Å². The van der Waals surface area contributed by atoms with Gasteiger partial charge in [0.1, 0.15) is 0 Å². The van der Waals surface area contributed by atoms with Gasteiger partial charge in [0, 0.05) is 19.1 Å². The Morgan fingerprint density at radius 2 is 1.53 bits per heavy atom. The largest absolute Gasteiger partial charge is 0.373 e. The molecule has 1 heterocycles. The van der Waals surface area contributed by atoms with E-state index >= 15 is 0 Å². The molecule has 2 atom stereocenters. The molecule has 19 heavy (non-hydrogen) atoms. The minimum Gasteiger partial charge on any atom is -0.373 e. The Labute approximate surface area is 116 Å². The molecule has 2 fully saturated rings. The summed E-state index contributed by atoms with van der Waals surface area (Å²) in [5.74, 6) is 0. The van der Waals surface area contributed by atoms with Gasteiger partial charge in [-0.3, -0.25) is 0 Å². The first kappa shape index (κ1) is 15.2. The third-order valence-corrected chi connectivity index (χ3v) is 5.51. The molecule has 0 aromatic carbocycles. The lowest BCUT2D eigenvalue weighted by Gasteiger charge is -2.35. The van der Waals surface area contributed by atoms with Crippen molar-refractivity contribution in [1.29, 1.82) is 0 Å². The lowest BCUT2D eigenvalue weighted by molar-refractivity contribution is -0.0444. The van der Waals surface area contributed by atoms with Crippen LogP contribution in [0.25, 0.3) is 0 Å². The molecule has 0 radical (unpaired) electrons. The monoisotopic (exact) mass is 290 g/mol. The molecule has 1 N–H and O–H groups in total. The zero-order chi connectivity index (χ0) is 13.9. The molecule has 1 saturated heterocycles. The van der Waals surface area contributed by atoms with Gasteiger partial charge in [-0.1, -0.05) is 25.7 Å². The highest BCUT2D eigenvalue weighted by Crippen LogP contribution is 2.20. The van der Waals surface area contributed by atoms with Crippen molar-refractivity contribution in [2.45, 2.75) is 70.6 Å². The molecule has 112 valence electrons. The maximum Gasteiger partial charge on any atom is 0.279 e. The van der Waals surface area contributed by atoms with Crippen molar-refractivity contribution >= 4 is 10.2 Å². The topological polar surface area (TPSA) is 58.6 Å². The van der Waals surface area contributed by atoms with E-state index in [2.05, 4.69) is 4.72 Å². The van der Waals surface area contributed by atoms with E-state index in [0.29, 0.717) is 13.1 Å². The van der Waals surface area contributed by atoms with E-state index in [0.717, 1.165) is 25.7 Å². The molecule has 1 saturated carbocycles. The lowest BCUT2D eigenvalue weighted by Crippen LogP contribution is -2.53. The summed E-state index contributed by atoms with van der Waals surface area (Å²) in [4.78, 5) is 0. The fourth-order valence-electron chi connectivity index (χ4n) is 3.01. The van der Waals surface area contributed by atoms with Crippen LogP contribution in [0.5, 0.6) is 0 Å². The first-order chi connectivity index (χ1) is 8.97. The number of hydrogen-bond donors (Lipinski definition) is 1. The Hall–Kier alpha value is -0.170. The number of hydrogen-bond acceptors (Lipinski definition) is 3. The first-order valence-electron chi connectivity index (χ1n) is 7.40. The van der Waals surface area contributed by atoms with Crippen LogP contribution in [-0.4, -0.2) is 44.1 Å². The van der Waals surface area contributed by atoms with Gasteiger partial charge < -0.3 is 4.74 Å². The zero-order valence-corrected chi connectivity index (χ0v) is 12.8. The van der Waals surface area contributed by atoms with Gasteiger partial charge in [-0.05, 0) is 26.7 Å². The molecule has 1 aliphatic carbocycles. The second-order valence-electron chi connectivity index (χ2n) is 5.89. The van der Waals surface area contributed by atoms with Gasteiger partial charge in [-0.25, -0.2) is 0 Å². The van der Waals surface area contributed by atoms with Crippen LogP contribution in [0.15, 0.2) is 0 Å². The third-order valence-electron chi connectivity index (χ3n) is 3.90. The van der Waals surface area contributed by atoms with Crippen LogP contribution in [0.1, 0.15) is 52.4 Å². The Morgan fingerprint density at radius 1 is 1.00 bits per heavy atom. The quantitative estimate of drug-likeness (QED) is 0.804. The summed E-state index contributed by atoms with van der Waals surface area (Å²) in [7, 11) is -3.36. The van der Waals surface area contributed by atoms with Gasteiger partial charge in [0.25, 0.3) is 10.2 Å². The second-order valence-corrected chi connectivity index (χ2v) is 7.59. The number of morpholine rings is 1. The smallest absolute Gasteiger partial charge is 0.279 e. The van der Waals surface area contributed by atoms with Crippen molar-refractivity contribution in [3.8, 4) is 0 Å². The van der Waals surface area contributed by atoms with E-state index < -0.39 is 10.2 Å². The van der Waals surface area contributed by atoms with E-state index in [9.17, 15) is 8.42 Å². The normalized spacial score (nSPS) is 32.1. The molecule has 0 unspecified atom stereocenters. The van der Waals surface area contributed by atoms with Crippen LogP contribution in [-0.2, 0) is 14.9 Å². The zero-order valence-electron chi connectivity index (χ0n) is 12.0. The Balaban J connectivity index is 1.96. The molecule has 5 nitrogen and oxygen atoms in total. The van der Waals surface area contributed by atoms with Crippen molar-refractivity contribution in [3.63, 3.8) is 0 Å². The van der Waals surface area contributed by atoms with Crippen molar-refractivity contribution < 1.29 is 13.2 Å². The molecule has 2 rings (SSSR count). The predicted octanol–water partition coefficient (Wildman–Crippen LogP) is 1.65. The molecule has 1 aliphatic heterocycles. The summed E-state index contributed by atoms with van der Waals surface area (Å²) < 4.78 is 34.8. The van der Waals surface area contributed by atoms with Gasteiger partial charge in [0.2, 0.25) is 0 Å². The molecule has 0 aromatic heterocycles. The van der Waals surface area contributed by atoms with E-state index in [1.807, 2.05) is 13.8 Å². The summed E-state index contributed by atoms with van der Waals surface area (Å²) in [6, 6.07) is 0.112. The average molecular weight is 290 g/mol. The summed E-state index contributed by atoms with van der Waals surface area (Å²) >= 11 is 0. The summed E-state index contributed by atoms with van der Waals surface area (Å²) in [6.07, 6.45) is 6.58. The van der Waals surface area contributed by atoms with Crippen molar-refractivity contribution in [1.82, 2.24) is 9.03 Å². The number of rotatable bonds is 3. The molecular formula is C13H26N2O3S. The van der Waals surface area contributed by atoms with E-state index in [4.69, 9.17) is 4.74 Å². The number of ether oxygens (including phenoxy) is 1. The van der Waals surface area contributed by atoms with Gasteiger partial charge >= 0.3 is 0 Å². The van der Waals surface area contributed by atoms with E-state index in [-0.39, 0.29) is 18.2 Å². The minimum absolute atomic E-state index is 0.0329. The predicted molar refractivity (Wildman–Crippen MR) is 75.1 cm³/mol. The van der Waals surface area contributed by atoms with Crippen LogP contribution in [0.4, 0.5) is 0 Å². The van der Waals surface area contributed by atoms with Crippen molar-refractivity contribution in [3.05, 3.63) is 0 Å². The van der Waals surface area contributed by atoms with Crippen molar-refractivity contribution in [2.75, 3.05) is 13.1 Å². The fourth-order valence-corrected chi connectivity index (χ4v) is 4.63. The van der Waals surface area contributed by atoms with Gasteiger partial charge in [-0.2, -0.15) is 17.4 Å².